The van der Waals surface area contributed by atoms with Gasteiger partial charge < -0.3 is 0 Å². The lowest BCUT2D eigenvalue weighted by Gasteiger charge is -2.13. The topological polar surface area (TPSA) is 76.0 Å². The van der Waals surface area contributed by atoms with Crippen LogP contribution < -0.4 is 11.0 Å². The molecule has 0 saturated carbocycles. The largest absolute Gasteiger partial charge is 0.283 e. The van der Waals surface area contributed by atoms with E-state index in [9.17, 15) is 4.79 Å². The second kappa shape index (κ2) is 6.77. The number of nitrogens with zero attached hydrogens (tertiary/aromatic N) is 4. The van der Waals surface area contributed by atoms with Crippen LogP contribution in [0.1, 0.15) is 0 Å². The molecule has 7 rings (SSSR count). The van der Waals surface area contributed by atoms with E-state index in [0.717, 1.165) is 31.3 Å². The maximum absolute atomic E-state index is 14.0. The van der Waals surface area contributed by atoms with E-state index in [-0.39, 0.29) is 22.1 Å². The lowest BCUT2D eigenvalue weighted by molar-refractivity contribution is 0.933. The maximum Gasteiger partial charge on any atom is 0.271 e. The molecule has 0 fully saturated rings. The van der Waals surface area contributed by atoms with Crippen LogP contribution in [-0.4, -0.2) is 18.9 Å². The number of halogens is 1. The van der Waals surface area contributed by atoms with E-state index in [1.807, 2.05) is 60.7 Å². The summed E-state index contributed by atoms with van der Waals surface area (Å²) in [4.78, 5) is 26.1. The van der Waals surface area contributed by atoms with Crippen molar-refractivity contribution in [2.45, 2.75) is 9.79 Å². The van der Waals surface area contributed by atoms with Crippen molar-refractivity contribution in [3.63, 3.8) is 0 Å². The van der Waals surface area contributed by atoms with Gasteiger partial charge in [0.25, 0.3) is 5.56 Å². The Morgan fingerprint density at radius 2 is 1.73 bits per heavy atom. The standard InChI is InChI=1S/C24H12ClN5OS2/c25-12-9-10-18-15(11-12)29-20(26)19-21(28-24(29)33-18)27-22-13-5-1-3-7-16(13)32-17-8-4-2-6-14(17)30(22)23(19)31/h1-11,26H. The summed E-state index contributed by atoms with van der Waals surface area (Å²) in [5.74, 6) is 0.529. The molecular weight excluding hydrogens is 474 g/mol. The van der Waals surface area contributed by atoms with Crippen LogP contribution in [0, 0.1) is 5.41 Å². The van der Waals surface area contributed by atoms with Gasteiger partial charge in [0, 0.05) is 20.4 Å². The number of thiazole rings is 1. The number of hydrogen-bond donors (Lipinski definition) is 1. The SMILES string of the molecule is N=c1c2c(=O)n3c(nc2nc2sc4ccc(Cl)cc4n12)-c1ccccc1Sc1ccccc1-3. The van der Waals surface area contributed by atoms with E-state index < -0.39 is 0 Å². The van der Waals surface area contributed by atoms with Gasteiger partial charge in [0.1, 0.15) is 10.9 Å². The zero-order valence-corrected chi connectivity index (χ0v) is 19.1. The average molecular weight is 486 g/mol. The minimum atomic E-state index is -0.312. The van der Waals surface area contributed by atoms with Crippen molar-refractivity contribution in [3.8, 4) is 17.1 Å². The summed E-state index contributed by atoms with van der Waals surface area (Å²) < 4.78 is 4.23. The molecule has 0 atom stereocenters. The highest BCUT2D eigenvalue weighted by Crippen LogP contribution is 2.41. The first-order valence-corrected chi connectivity index (χ1v) is 12.1. The van der Waals surface area contributed by atoms with Crippen LogP contribution in [0.5, 0.6) is 0 Å². The summed E-state index contributed by atoms with van der Waals surface area (Å²) >= 11 is 9.27. The Bertz CT molecular complexity index is 1920. The zero-order valence-electron chi connectivity index (χ0n) is 16.7. The number of benzene rings is 3. The third-order valence-corrected chi connectivity index (χ3v) is 8.13. The summed E-state index contributed by atoms with van der Waals surface area (Å²) in [5.41, 5.74) is 2.38. The molecule has 1 N–H and O–H groups in total. The molecule has 4 heterocycles. The summed E-state index contributed by atoms with van der Waals surface area (Å²) in [5, 5.41) is 9.71. The van der Waals surface area contributed by atoms with Gasteiger partial charge in [-0.15, -0.1) is 0 Å². The Balaban J connectivity index is 1.71. The van der Waals surface area contributed by atoms with Crippen LogP contribution >= 0.6 is 34.7 Å². The monoisotopic (exact) mass is 485 g/mol. The van der Waals surface area contributed by atoms with Gasteiger partial charge in [-0.3, -0.25) is 19.2 Å². The summed E-state index contributed by atoms with van der Waals surface area (Å²) in [7, 11) is 0. The molecule has 3 aromatic heterocycles. The number of para-hydroxylation sites is 1. The fourth-order valence-corrected chi connectivity index (χ4v) is 6.51. The minimum Gasteiger partial charge on any atom is -0.283 e. The highest BCUT2D eigenvalue weighted by Gasteiger charge is 2.25. The predicted octanol–water partition coefficient (Wildman–Crippen LogP) is 5.51. The van der Waals surface area contributed by atoms with Crippen molar-refractivity contribution >= 4 is 60.9 Å². The predicted molar refractivity (Wildman–Crippen MR) is 132 cm³/mol. The van der Waals surface area contributed by atoms with Gasteiger partial charge in [0.05, 0.1) is 15.9 Å². The lowest BCUT2D eigenvalue weighted by Crippen LogP contribution is -2.29. The van der Waals surface area contributed by atoms with Crippen LogP contribution in [0.25, 0.3) is 43.3 Å². The fourth-order valence-electron chi connectivity index (χ4n) is 4.28. The van der Waals surface area contributed by atoms with Crippen molar-refractivity contribution < 1.29 is 0 Å². The molecular formula is C24H12ClN5OS2. The quantitative estimate of drug-likeness (QED) is 0.307. The maximum atomic E-state index is 14.0. The molecule has 0 aliphatic carbocycles. The van der Waals surface area contributed by atoms with Crippen LogP contribution in [0.3, 0.4) is 0 Å². The molecule has 33 heavy (non-hydrogen) atoms. The molecule has 6 aromatic rings. The second-order valence-electron chi connectivity index (χ2n) is 7.63. The molecule has 9 heteroatoms. The van der Waals surface area contributed by atoms with Crippen LogP contribution in [0.15, 0.2) is 81.3 Å². The summed E-state index contributed by atoms with van der Waals surface area (Å²) in [6.45, 7) is 0. The highest BCUT2D eigenvalue weighted by molar-refractivity contribution is 7.99. The van der Waals surface area contributed by atoms with Gasteiger partial charge in [-0.2, -0.15) is 4.98 Å². The van der Waals surface area contributed by atoms with E-state index in [1.54, 1.807) is 26.8 Å². The number of nitrogens with one attached hydrogen (secondary N) is 1. The van der Waals surface area contributed by atoms with Gasteiger partial charge in [0.15, 0.2) is 16.4 Å². The van der Waals surface area contributed by atoms with Crippen molar-refractivity contribution in [2.24, 2.45) is 0 Å². The smallest absolute Gasteiger partial charge is 0.271 e. The molecule has 0 unspecified atom stereocenters. The number of hydrogen-bond acceptors (Lipinski definition) is 6. The Morgan fingerprint density at radius 3 is 2.61 bits per heavy atom. The molecule has 0 spiro atoms. The van der Waals surface area contributed by atoms with Gasteiger partial charge >= 0.3 is 0 Å². The van der Waals surface area contributed by atoms with Crippen LogP contribution in [-0.2, 0) is 0 Å². The molecule has 0 radical (unpaired) electrons. The number of rotatable bonds is 0. The van der Waals surface area contributed by atoms with E-state index >= 15 is 0 Å². The first-order chi connectivity index (χ1) is 16.1. The molecule has 1 aliphatic rings. The third kappa shape index (κ3) is 2.62. The molecule has 6 nitrogen and oxygen atoms in total. The van der Waals surface area contributed by atoms with Crippen molar-refractivity contribution in [3.05, 3.63) is 87.6 Å². The van der Waals surface area contributed by atoms with Crippen molar-refractivity contribution in [1.29, 1.82) is 5.41 Å². The first-order valence-electron chi connectivity index (χ1n) is 10.1. The summed E-state index contributed by atoms with van der Waals surface area (Å²) in [6, 6.07) is 21.2. The number of aromatic nitrogens is 4. The second-order valence-corrected chi connectivity index (χ2v) is 10.2. The Morgan fingerprint density at radius 1 is 0.939 bits per heavy atom. The third-order valence-electron chi connectivity index (χ3n) is 5.73. The average Bonchev–Trinajstić information content (AvgIpc) is 3.10. The molecule has 3 aromatic carbocycles. The van der Waals surface area contributed by atoms with E-state index in [1.165, 1.54) is 11.3 Å². The van der Waals surface area contributed by atoms with Crippen molar-refractivity contribution in [2.75, 3.05) is 0 Å². The van der Waals surface area contributed by atoms with Crippen molar-refractivity contribution in [1.82, 2.24) is 18.9 Å². The summed E-state index contributed by atoms with van der Waals surface area (Å²) in [6.07, 6.45) is 0. The number of fused-ring (bicyclic) bond motifs is 9. The zero-order chi connectivity index (χ0) is 22.3. The van der Waals surface area contributed by atoms with Gasteiger partial charge in [-0.1, -0.05) is 65.0 Å². The van der Waals surface area contributed by atoms with Crippen LogP contribution in [0.4, 0.5) is 0 Å². The van der Waals surface area contributed by atoms with E-state index in [0.29, 0.717) is 15.8 Å². The molecule has 158 valence electrons. The van der Waals surface area contributed by atoms with E-state index in [4.69, 9.17) is 27.0 Å². The molecule has 1 aliphatic heterocycles. The van der Waals surface area contributed by atoms with E-state index in [2.05, 4.69) is 0 Å². The van der Waals surface area contributed by atoms with Crippen LogP contribution in [0.2, 0.25) is 5.02 Å². The molecule has 0 saturated heterocycles. The lowest BCUT2D eigenvalue weighted by atomic mass is 10.2. The fraction of sp³-hybridized carbons (Fsp3) is 0. The Kier molecular flexibility index (Phi) is 3.91. The normalized spacial score (nSPS) is 12.5. The Labute approximate surface area is 199 Å². The van der Waals surface area contributed by atoms with Gasteiger partial charge in [-0.25, -0.2) is 4.98 Å². The molecule has 0 bridgehead atoms. The Hall–Kier alpha value is -3.46. The highest BCUT2D eigenvalue weighted by atomic mass is 35.5. The first kappa shape index (κ1) is 19.0. The van der Waals surface area contributed by atoms with Gasteiger partial charge in [0.2, 0.25) is 0 Å². The van der Waals surface area contributed by atoms with Gasteiger partial charge in [-0.05, 0) is 36.4 Å². The molecule has 0 amide bonds. The minimum absolute atomic E-state index is 0.0546.